The summed E-state index contributed by atoms with van der Waals surface area (Å²) in [4.78, 5) is 24.8. The predicted molar refractivity (Wildman–Crippen MR) is 110 cm³/mol. The molecular weight excluding hydrogens is 378 g/mol. The van der Waals surface area contributed by atoms with Crippen LogP contribution >= 0.6 is 11.6 Å². The van der Waals surface area contributed by atoms with Crippen LogP contribution in [0.15, 0.2) is 30.5 Å². The first kappa shape index (κ1) is 18.8. The van der Waals surface area contributed by atoms with Gasteiger partial charge >= 0.3 is 0 Å². The third-order valence-electron chi connectivity index (χ3n) is 5.26. The summed E-state index contributed by atoms with van der Waals surface area (Å²) >= 11 is 5.89. The zero-order valence-corrected chi connectivity index (χ0v) is 16.8. The highest BCUT2D eigenvalue weighted by molar-refractivity contribution is 6.30. The molecule has 0 radical (unpaired) electrons. The minimum atomic E-state index is 0.0735. The molecule has 1 N–H and O–H groups in total. The van der Waals surface area contributed by atoms with Crippen molar-refractivity contribution in [2.24, 2.45) is 5.92 Å². The zero-order chi connectivity index (χ0) is 19.7. The highest BCUT2D eigenvalue weighted by atomic mass is 35.5. The van der Waals surface area contributed by atoms with E-state index in [9.17, 15) is 4.79 Å². The number of fused-ring (bicyclic) bond motifs is 1. The van der Waals surface area contributed by atoms with Crippen LogP contribution in [0.2, 0.25) is 5.02 Å². The van der Waals surface area contributed by atoms with Gasteiger partial charge in [-0.15, -0.1) is 0 Å². The molecule has 8 heteroatoms. The Morgan fingerprint density at radius 3 is 2.75 bits per heavy atom. The third-order valence-corrected chi connectivity index (χ3v) is 5.51. The normalized spacial score (nSPS) is 21.2. The molecule has 0 atom stereocenters. The minimum absolute atomic E-state index is 0.0735. The number of benzene rings is 1. The van der Waals surface area contributed by atoms with E-state index in [-0.39, 0.29) is 5.91 Å². The molecule has 1 saturated carbocycles. The van der Waals surface area contributed by atoms with Crippen LogP contribution in [0.5, 0.6) is 5.75 Å². The number of likely N-dealkylation sites (N-methyl/N-ethyl adjacent to an activating group) is 2. The Morgan fingerprint density at radius 1 is 1.29 bits per heavy atom. The number of rotatable bonds is 6. The van der Waals surface area contributed by atoms with E-state index >= 15 is 0 Å². The number of halogens is 1. The summed E-state index contributed by atoms with van der Waals surface area (Å²) in [5, 5.41) is 4.11. The van der Waals surface area contributed by atoms with Crippen LogP contribution in [-0.4, -0.2) is 48.7 Å². The van der Waals surface area contributed by atoms with Gasteiger partial charge in [0, 0.05) is 24.7 Å². The second-order valence-electron chi connectivity index (χ2n) is 7.34. The van der Waals surface area contributed by atoms with Gasteiger partial charge < -0.3 is 19.9 Å². The molecule has 2 heterocycles. The number of amides is 1. The Labute approximate surface area is 169 Å². The lowest BCUT2D eigenvalue weighted by atomic mass is 9.81. The molecule has 1 aliphatic heterocycles. The molecule has 1 fully saturated rings. The molecule has 1 aromatic heterocycles. The molecule has 28 heavy (non-hydrogen) atoms. The Balaban J connectivity index is 1.31. The highest BCUT2D eigenvalue weighted by Crippen LogP contribution is 2.33. The summed E-state index contributed by atoms with van der Waals surface area (Å²) in [6.07, 6.45) is 3.77. The summed E-state index contributed by atoms with van der Waals surface area (Å²) in [6, 6.07) is 7.78. The van der Waals surface area contributed by atoms with E-state index < -0.39 is 0 Å². The Kier molecular flexibility index (Phi) is 5.26. The lowest BCUT2D eigenvalue weighted by Crippen LogP contribution is -2.45. The van der Waals surface area contributed by atoms with Gasteiger partial charge in [-0.2, -0.15) is 4.98 Å². The standard InChI is InChI=1S/C20H24ClN5O2/c1-3-26-17-10-22-20(24-19(17)25(2)11-18(26)27)23-15-8-13(9-15)12-28-16-6-4-14(21)5-7-16/h4-7,10,13,15H,3,8-9,11-12H2,1-2H3,(H,22,23,24)/t13-,15+. The maximum absolute atomic E-state index is 12.1. The monoisotopic (exact) mass is 401 g/mol. The molecule has 1 amide bonds. The van der Waals surface area contributed by atoms with Crippen molar-refractivity contribution in [3.05, 3.63) is 35.5 Å². The lowest BCUT2D eigenvalue weighted by Gasteiger charge is -2.36. The number of aromatic nitrogens is 2. The van der Waals surface area contributed by atoms with Crippen molar-refractivity contribution in [1.82, 2.24) is 9.97 Å². The Bertz CT molecular complexity index is 854. The van der Waals surface area contributed by atoms with Gasteiger partial charge in [0.05, 0.1) is 19.3 Å². The van der Waals surface area contributed by atoms with Gasteiger partial charge in [0.15, 0.2) is 5.82 Å². The van der Waals surface area contributed by atoms with E-state index in [1.165, 1.54) is 0 Å². The molecule has 2 aliphatic rings. The summed E-state index contributed by atoms with van der Waals surface area (Å²) in [5.74, 6) is 2.84. The largest absolute Gasteiger partial charge is 0.493 e. The fourth-order valence-corrected chi connectivity index (χ4v) is 3.79. The van der Waals surface area contributed by atoms with Crippen molar-refractivity contribution in [1.29, 1.82) is 0 Å². The summed E-state index contributed by atoms with van der Waals surface area (Å²) in [5.41, 5.74) is 0.773. The maximum Gasteiger partial charge on any atom is 0.246 e. The van der Waals surface area contributed by atoms with Gasteiger partial charge in [-0.05, 0) is 49.9 Å². The first-order chi connectivity index (χ1) is 13.5. The van der Waals surface area contributed by atoms with E-state index in [2.05, 4.69) is 15.3 Å². The average molecular weight is 402 g/mol. The number of ether oxygens (including phenoxy) is 1. The Hall–Kier alpha value is -2.54. The van der Waals surface area contributed by atoms with E-state index in [0.29, 0.717) is 42.6 Å². The van der Waals surface area contributed by atoms with Gasteiger partial charge in [-0.1, -0.05) is 11.6 Å². The first-order valence-corrected chi connectivity index (χ1v) is 9.94. The second-order valence-corrected chi connectivity index (χ2v) is 7.78. The SMILES string of the molecule is CCN1C(=O)CN(C)c2nc(N[C@H]3C[C@@H](COc4ccc(Cl)cc4)C3)ncc21. The topological polar surface area (TPSA) is 70.6 Å². The third kappa shape index (κ3) is 3.85. The molecule has 7 nitrogen and oxygen atoms in total. The summed E-state index contributed by atoms with van der Waals surface area (Å²) in [7, 11) is 1.88. The van der Waals surface area contributed by atoms with Crippen LogP contribution in [0.25, 0.3) is 0 Å². The molecule has 148 valence electrons. The van der Waals surface area contributed by atoms with Crippen LogP contribution in [0, 0.1) is 5.92 Å². The first-order valence-electron chi connectivity index (χ1n) is 9.57. The number of nitrogens with one attached hydrogen (secondary N) is 1. The molecular formula is C20H24ClN5O2. The van der Waals surface area contributed by atoms with Gasteiger partial charge in [-0.25, -0.2) is 4.98 Å². The molecule has 0 spiro atoms. The fourth-order valence-electron chi connectivity index (χ4n) is 3.67. The van der Waals surface area contributed by atoms with Crippen molar-refractivity contribution in [3.63, 3.8) is 0 Å². The minimum Gasteiger partial charge on any atom is -0.493 e. The fraction of sp³-hybridized carbons (Fsp3) is 0.450. The van der Waals surface area contributed by atoms with Crippen LogP contribution in [-0.2, 0) is 4.79 Å². The summed E-state index contributed by atoms with van der Waals surface area (Å²) < 4.78 is 5.82. The average Bonchev–Trinajstić information content (AvgIpc) is 2.65. The molecule has 2 aromatic rings. The van der Waals surface area contributed by atoms with Crippen molar-refractivity contribution >= 4 is 35.0 Å². The molecule has 1 aliphatic carbocycles. The van der Waals surface area contributed by atoms with Crippen molar-refractivity contribution in [3.8, 4) is 5.75 Å². The van der Waals surface area contributed by atoms with Crippen LogP contribution < -0.4 is 19.9 Å². The van der Waals surface area contributed by atoms with E-state index in [0.717, 1.165) is 30.1 Å². The van der Waals surface area contributed by atoms with E-state index in [1.54, 1.807) is 11.1 Å². The van der Waals surface area contributed by atoms with Crippen molar-refractivity contribution in [2.75, 3.05) is 41.9 Å². The molecule has 0 saturated heterocycles. The van der Waals surface area contributed by atoms with E-state index in [4.69, 9.17) is 16.3 Å². The van der Waals surface area contributed by atoms with E-state index in [1.807, 2.05) is 43.1 Å². The van der Waals surface area contributed by atoms with Gasteiger partial charge in [0.2, 0.25) is 11.9 Å². The molecule has 4 rings (SSSR count). The van der Waals surface area contributed by atoms with Gasteiger partial charge in [-0.3, -0.25) is 4.79 Å². The lowest BCUT2D eigenvalue weighted by molar-refractivity contribution is -0.117. The van der Waals surface area contributed by atoms with Crippen molar-refractivity contribution < 1.29 is 9.53 Å². The number of hydrogen-bond acceptors (Lipinski definition) is 6. The molecule has 0 unspecified atom stereocenters. The van der Waals surface area contributed by atoms with Crippen molar-refractivity contribution in [2.45, 2.75) is 25.8 Å². The second kappa shape index (κ2) is 7.83. The van der Waals surface area contributed by atoms with Gasteiger partial charge in [0.25, 0.3) is 0 Å². The highest BCUT2D eigenvalue weighted by Gasteiger charge is 2.32. The Morgan fingerprint density at radius 2 is 2.04 bits per heavy atom. The predicted octanol–water partition coefficient (Wildman–Crippen LogP) is 3.20. The number of nitrogens with zero attached hydrogens (tertiary/aromatic N) is 4. The number of carbonyl (C=O) groups is 1. The van der Waals surface area contributed by atoms with Crippen LogP contribution in [0.4, 0.5) is 17.5 Å². The van der Waals surface area contributed by atoms with Crippen LogP contribution in [0.3, 0.4) is 0 Å². The van der Waals surface area contributed by atoms with Crippen LogP contribution in [0.1, 0.15) is 19.8 Å². The zero-order valence-electron chi connectivity index (χ0n) is 16.1. The maximum atomic E-state index is 12.1. The van der Waals surface area contributed by atoms with Gasteiger partial charge in [0.1, 0.15) is 11.4 Å². The molecule has 1 aromatic carbocycles. The summed E-state index contributed by atoms with van der Waals surface area (Å²) in [6.45, 7) is 3.61. The molecule has 0 bridgehead atoms. The number of carbonyl (C=O) groups excluding carboxylic acids is 1. The quantitative estimate of drug-likeness (QED) is 0.801. The number of anilines is 3. The smallest absolute Gasteiger partial charge is 0.246 e. The number of hydrogen-bond donors (Lipinski definition) is 1.